The number of carbonyl (C=O) groups is 3. The van der Waals surface area contributed by atoms with Crippen LogP contribution < -0.4 is 20.9 Å². The van der Waals surface area contributed by atoms with E-state index >= 15 is 0 Å². The number of nitrogens with one attached hydrogen (secondary N) is 3. The van der Waals surface area contributed by atoms with Gasteiger partial charge in [0.05, 0.1) is 11.4 Å². The lowest BCUT2D eigenvalue weighted by atomic mass is 10.2. The molecule has 8 heteroatoms. The van der Waals surface area contributed by atoms with Crippen molar-refractivity contribution in [1.29, 1.82) is 0 Å². The summed E-state index contributed by atoms with van der Waals surface area (Å²) in [5.74, 6) is -0.386. The van der Waals surface area contributed by atoms with E-state index in [0.29, 0.717) is 24.5 Å². The largest absolute Gasteiger partial charge is 0.385 e. The molecule has 0 spiro atoms. The van der Waals surface area contributed by atoms with Crippen molar-refractivity contribution in [2.24, 2.45) is 0 Å². The first-order valence-corrected chi connectivity index (χ1v) is 7.81. The Bertz CT molecular complexity index is 605. The first-order valence-electron chi connectivity index (χ1n) is 7.81. The van der Waals surface area contributed by atoms with Gasteiger partial charge < -0.3 is 20.7 Å². The normalized spacial score (nSPS) is 13.0. The second-order valence-corrected chi connectivity index (χ2v) is 5.33. The van der Waals surface area contributed by atoms with Gasteiger partial charge in [0.2, 0.25) is 11.8 Å². The molecule has 1 heterocycles. The highest BCUT2D eigenvalue weighted by molar-refractivity contribution is 6.09. The Hall–Kier alpha value is -2.61. The molecule has 4 amide bonds. The average Bonchev–Trinajstić information content (AvgIpc) is 2.57. The Balaban J connectivity index is 1.79. The van der Waals surface area contributed by atoms with Crippen LogP contribution in [0.3, 0.4) is 0 Å². The number of benzene rings is 1. The van der Waals surface area contributed by atoms with Gasteiger partial charge in [0.25, 0.3) is 0 Å². The van der Waals surface area contributed by atoms with Gasteiger partial charge in [-0.1, -0.05) is 12.1 Å². The minimum atomic E-state index is -0.399. The number of methoxy groups -OCH3 is 1. The molecule has 0 saturated heterocycles. The van der Waals surface area contributed by atoms with E-state index in [1.807, 2.05) is 0 Å². The molecule has 0 saturated carbocycles. The van der Waals surface area contributed by atoms with Crippen LogP contribution in [-0.4, -0.2) is 51.2 Å². The van der Waals surface area contributed by atoms with Gasteiger partial charge in [0.15, 0.2) is 0 Å². The van der Waals surface area contributed by atoms with Crippen molar-refractivity contribution in [2.45, 2.75) is 12.8 Å². The van der Waals surface area contributed by atoms with E-state index in [0.717, 1.165) is 6.42 Å². The number of fused-ring (bicyclic) bond motifs is 1. The van der Waals surface area contributed by atoms with Crippen LogP contribution in [0.5, 0.6) is 0 Å². The van der Waals surface area contributed by atoms with Crippen molar-refractivity contribution in [3.8, 4) is 0 Å². The minimum absolute atomic E-state index is 0.0495. The SMILES string of the molecule is COCCCNC(=O)CCNC(=O)N1CC(=O)Nc2ccccc21. The Morgan fingerprint density at radius 3 is 2.83 bits per heavy atom. The Morgan fingerprint density at radius 2 is 2.04 bits per heavy atom. The summed E-state index contributed by atoms with van der Waals surface area (Å²) in [6, 6.07) is 6.68. The molecule has 0 atom stereocenters. The molecule has 3 N–H and O–H groups in total. The summed E-state index contributed by atoms with van der Waals surface area (Å²) in [6.45, 7) is 1.29. The van der Waals surface area contributed by atoms with Crippen LogP contribution in [0.4, 0.5) is 16.2 Å². The molecule has 1 aromatic carbocycles. The standard InChI is InChI=1S/C16H22N4O4/c1-24-10-4-8-17-14(21)7-9-18-16(23)20-11-15(22)19-12-5-2-3-6-13(12)20/h2-3,5-6H,4,7-11H2,1H3,(H,17,21)(H,18,23)(H,19,22). The average molecular weight is 334 g/mol. The minimum Gasteiger partial charge on any atom is -0.385 e. The molecular weight excluding hydrogens is 312 g/mol. The second-order valence-electron chi connectivity index (χ2n) is 5.33. The van der Waals surface area contributed by atoms with E-state index in [-0.39, 0.29) is 31.3 Å². The van der Waals surface area contributed by atoms with E-state index in [1.165, 1.54) is 4.90 Å². The van der Waals surface area contributed by atoms with Crippen LogP contribution in [0.15, 0.2) is 24.3 Å². The molecule has 0 fully saturated rings. The third kappa shape index (κ3) is 4.95. The van der Waals surface area contributed by atoms with Gasteiger partial charge in [0.1, 0.15) is 6.54 Å². The lowest BCUT2D eigenvalue weighted by Gasteiger charge is -2.29. The molecule has 1 aromatic rings. The van der Waals surface area contributed by atoms with Gasteiger partial charge in [-0.2, -0.15) is 0 Å². The van der Waals surface area contributed by atoms with Crippen molar-refractivity contribution in [2.75, 3.05) is 43.6 Å². The van der Waals surface area contributed by atoms with Crippen molar-refractivity contribution in [1.82, 2.24) is 10.6 Å². The lowest BCUT2D eigenvalue weighted by molar-refractivity contribution is -0.121. The predicted octanol–water partition coefficient (Wildman–Crippen LogP) is 0.698. The highest BCUT2D eigenvalue weighted by atomic mass is 16.5. The highest BCUT2D eigenvalue weighted by Gasteiger charge is 2.26. The van der Waals surface area contributed by atoms with E-state index in [1.54, 1.807) is 31.4 Å². The van der Waals surface area contributed by atoms with Crippen molar-refractivity contribution in [3.63, 3.8) is 0 Å². The molecule has 0 aromatic heterocycles. The number of anilines is 2. The molecule has 130 valence electrons. The molecule has 0 bridgehead atoms. The quantitative estimate of drug-likeness (QED) is 0.639. The van der Waals surface area contributed by atoms with Gasteiger partial charge in [-0.05, 0) is 18.6 Å². The molecular formula is C16H22N4O4. The zero-order valence-electron chi connectivity index (χ0n) is 13.6. The fourth-order valence-corrected chi connectivity index (χ4v) is 2.33. The molecule has 8 nitrogen and oxygen atoms in total. The smallest absolute Gasteiger partial charge is 0.322 e. The van der Waals surface area contributed by atoms with Crippen molar-refractivity contribution < 1.29 is 19.1 Å². The van der Waals surface area contributed by atoms with E-state index in [2.05, 4.69) is 16.0 Å². The molecule has 0 aliphatic carbocycles. The summed E-state index contributed by atoms with van der Waals surface area (Å²) in [5, 5.41) is 8.13. The van der Waals surface area contributed by atoms with Crippen molar-refractivity contribution >= 4 is 29.2 Å². The number of ether oxygens (including phenoxy) is 1. The van der Waals surface area contributed by atoms with Crippen LogP contribution in [-0.2, 0) is 14.3 Å². The number of hydrogen-bond acceptors (Lipinski definition) is 4. The fraction of sp³-hybridized carbons (Fsp3) is 0.438. The number of urea groups is 1. The first kappa shape index (κ1) is 17.7. The maximum absolute atomic E-state index is 12.3. The van der Waals surface area contributed by atoms with Crippen LogP contribution in [0, 0.1) is 0 Å². The second kappa shape index (κ2) is 8.88. The summed E-state index contributed by atoms with van der Waals surface area (Å²) < 4.78 is 4.89. The van der Waals surface area contributed by atoms with E-state index in [4.69, 9.17) is 4.74 Å². The summed E-state index contributed by atoms with van der Waals surface area (Å²) in [4.78, 5) is 37.0. The van der Waals surface area contributed by atoms with Gasteiger partial charge in [-0.25, -0.2) is 4.79 Å². The van der Waals surface area contributed by atoms with Gasteiger partial charge in [-0.3, -0.25) is 14.5 Å². The number of nitrogens with zero attached hydrogens (tertiary/aromatic N) is 1. The third-order valence-corrected chi connectivity index (χ3v) is 3.49. The van der Waals surface area contributed by atoms with Gasteiger partial charge >= 0.3 is 6.03 Å². The fourth-order valence-electron chi connectivity index (χ4n) is 2.33. The Labute approximate surface area is 140 Å². The van der Waals surface area contributed by atoms with Crippen LogP contribution in [0.2, 0.25) is 0 Å². The topological polar surface area (TPSA) is 99.8 Å². The molecule has 1 aliphatic heterocycles. The Kier molecular flexibility index (Phi) is 6.56. The van der Waals surface area contributed by atoms with Gasteiger partial charge in [-0.15, -0.1) is 0 Å². The molecule has 0 unspecified atom stereocenters. The summed E-state index contributed by atoms with van der Waals surface area (Å²) in [5.41, 5.74) is 1.23. The lowest BCUT2D eigenvalue weighted by Crippen LogP contribution is -2.47. The van der Waals surface area contributed by atoms with E-state index in [9.17, 15) is 14.4 Å². The molecule has 2 rings (SSSR count). The van der Waals surface area contributed by atoms with Crippen molar-refractivity contribution in [3.05, 3.63) is 24.3 Å². The molecule has 1 aliphatic rings. The number of para-hydroxylation sites is 2. The number of amides is 4. The predicted molar refractivity (Wildman–Crippen MR) is 89.9 cm³/mol. The van der Waals surface area contributed by atoms with Crippen LogP contribution >= 0.6 is 0 Å². The Morgan fingerprint density at radius 1 is 1.25 bits per heavy atom. The molecule has 24 heavy (non-hydrogen) atoms. The zero-order chi connectivity index (χ0) is 17.4. The monoisotopic (exact) mass is 334 g/mol. The van der Waals surface area contributed by atoms with Gasteiger partial charge in [0, 0.05) is 33.2 Å². The highest BCUT2D eigenvalue weighted by Crippen LogP contribution is 2.28. The maximum atomic E-state index is 12.3. The van der Waals surface area contributed by atoms with Crippen LogP contribution in [0.25, 0.3) is 0 Å². The maximum Gasteiger partial charge on any atom is 0.322 e. The number of carbonyl (C=O) groups excluding carboxylic acids is 3. The summed E-state index contributed by atoms with van der Waals surface area (Å²) in [7, 11) is 1.61. The van der Waals surface area contributed by atoms with E-state index < -0.39 is 6.03 Å². The summed E-state index contributed by atoms with van der Waals surface area (Å²) in [6.07, 6.45) is 0.925. The number of hydrogen-bond donors (Lipinski definition) is 3. The number of rotatable bonds is 7. The first-order chi connectivity index (χ1) is 11.6. The third-order valence-electron chi connectivity index (χ3n) is 3.49. The van der Waals surface area contributed by atoms with Crippen LogP contribution in [0.1, 0.15) is 12.8 Å². The molecule has 0 radical (unpaired) electrons. The summed E-state index contributed by atoms with van der Waals surface area (Å²) >= 11 is 0. The zero-order valence-corrected chi connectivity index (χ0v) is 13.6.